The van der Waals surface area contributed by atoms with E-state index >= 15 is 0 Å². The summed E-state index contributed by atoms with van der Waals surface area (Å²) in [6.07, 6.45) is -5.03. The predicted octanol–water partition coefficient (Wildman–Crippen LogP) is 4.53. The minimum absolute atomic E-state index is 0.171. The summed E-state index contributed by atoms with van der Waals surface area (Å²) in [7, 11) is 0. The molecule has 1 saturated heterocycles. The number of alkyl halides is 3. The van der Waals surface area contributed by atoms with Crippen molar-refractivity contribution in [3.8, 4) is 11.5 Å². The fraction of sp³-hybridized carbons (Fsp3) is 0.263. The molecule has 2 aromatic rings. The maximum Gasteiger partial charge on any atom is 0.408 e. The maximum absolute atomic E-state index is 12.7. The summed E-state index contributed by atoms with van der Waals surface area (Å²) in [5, 5.41) is 4.84. The Labute approximate surface area is 163 Å². The van der Waals surface area contributed by atoms with Gasteiger partial charge in [-0.15, -0.1) is 0 Å². The molecular formula is C19H16ClF3N2O3. The number of carbonyl (C=O) groups excluding carboxylic acids is 2. The molecule has 9 heteroatoms. The molecule has 5 nitrogen and oxygen atoms in total. The van der Waals surface area contributed by atoms with Gasteiger partial charge in [0.1, 0.15) is 23.5 Å². The van der Waals surface area contributed by atoms with Crippen molar-refractivity contribution in [3.63, 3.8) is 0 Å². The predicted molar refractivity (Wildman–Crippen MR) is 97.3 cm³/mol. The SMILES string of the molecule is O=C(Nc1ccc(Oc2ccccc2Cl)cc1)[C@@H]1CC[C@@H](C(F)(F)F)NC1=O. The number of amides is 2. The number of anilines is 1. The lowest BCUT2D eigenvalue weighted by Gasteiger charge is -2.29. The Balaban J connectivity index is 1.59. The molecule has 1 fully saturated rings. The first-order chi connectivity index (χ1) is 13.2. The summed E-state index contributed by atoms with van der Waals surface area (Å²) in [4.78, 5) is 24.1. The highest BCUT2D eigenvalue weighted by Gasteiger charge is 2.45. The van der Waals surface area contributed by atoms with Crippen LogP contribution in [0.2, 0.25) is 5.02 Å². The molecular weight excluding hydrogens is 397 g/mol. The number of nitrogens with one attached hydrogen (secondary N) is 2. The number of hydrogen-bond acceptors (Lipinski definition) is 3. The Bertz CT molecular complexity index is 871. The minimum Gasteiger partial charge on any atom is -0.456 e. The number of hydrogen-bond donors (Lipinski definition) is 2. The van der Waals surface area contributed by atoms with Crippen molar-refractivity contribution in [2.24, 2.45) is 5.92 Å². The largest absolute Gasteiger partial charge is 0.456 e. The molecule has 0 aromatic heterocycles. The fourth-order valence-corrected chi connectivity index (χ4v) is 2.97. The Morgan fingerprint density at radius 3 is 2.39 bits per heavy atom. The summed E-state index contributed by atoms with van der Waals surface area (Å²) in [6.45, 7) is 0. The zero-order valence-electron chi connectivity index (χ0n) is 14.4. The molecule has 3 rings (SSSR count). The van der Waals surface area contributed by atoms with Crippen LogP contribution in [0, 0.1) is 5.92 Å². The summed E-state index contributed by atoms with van der Waals surface area (Å²) in [6, 6.07) is 11.3. The normalized spacial score (nSPS) is 19.6. The fourth-order valence-electron chi connectivity index (χ4n) is 2.79. The zero-order chi connectivity index (χ0) is 20.3. The van der Waals surface area contributed by atoms with Gasteiger partial charge in [-0.2, -0.15) is 13.2 Å². The second-order valence-electron chi connectivity index (χ2n) is 6.28. The Hall–Kier alpha value is -2.74. The third-order valence-electron chi connectivity index (χ3n) is 4.27. The van der Waals surface area contributed by atoms with Crippen molar-refractivity contribution < 1.29 is 27.5 Å². The average molecular weight is 413 g/mol. The summed E-state index contributed by atoms with van der Waals surface area (Å²) < 4.78 is 43.7. The summed E-state index contributed by atoms with van der Waals surface area (Å²) in [5.41, 5.74) is 0.391. The van der Waals surface area contributed by atoms with Gasteiger partial charge in [-0.05, 0) is 49.2 Å². The number of halogens is 4. The van der Waals surface area contributed by atoms with Crippen LogP contribution in [0.4, 0.5) is 18.9 Å². The first kappa shape index (κ1) is 20.0. The minimum atomic E-state index is -4.52. The number of carbonyl (C=O) groups is 2. The highest BCUT2D eigenvalue weighted by molar-refractivity contribution is 6.32. The average Bonchev–Trinajstić information content (AvgIpc) is 2.64. The zero-order valence-corrected chi connectivity index (χ0v) is 15.2. The summed E-state index contributed by atoms with van der Waals surface area (Å²) >= 11 is 6.02. The van der Waals surface area contributed by atoms with Gasteiger partial charge in [0.25, 0.3) is 0 Å². The van der Waals surface area contributed by atoms with Gasteiger partial charge in [-0.1, -0.05) is 23.7 Å². The smallest absolute Gasteiger partial charge is 0.408 e. The van der Waals surface area contributed by atoms with E-state index in [2.05, 4.69) is 5.32 Å². The van der Waals surface area contributed by atoms with Crippen LogP contribution in [0.5, 0.6) is 11.5 Å². The third-order valence-corrected chi connectivity index (χ3v) is 4.59. The van der Waals surface area contributed by atoms with Gasteiger partial charge in [-0.25, -0.2) is 0 Å². The number of benzene rings is 2. The standard InChI is InChI=1S/C19H16ClF3N2O3/c20-14-3-1-2-4-15(14)28-12-7-5-11(6-8-12)24-17(26)13-9-10-16(19(21,22)23)25-18(13)27/h1-8,13,16H,9-10H2,(H,24,26)(H,25,27)/t13-,16-/m0/s1. The number of ether oxygens (including phenoxy) is 1. The van der Waals surface area contributed by atoms with Crippen molar-refractivity contribution in [1.82, 2.24) is 5.32 Å². The summed E-state index contributed by atoms with van der Waals surface area (Å²) in [5.74, 6) is -1.80. The molecule has 2 aromatic carbocycles. The molecule has 1 aliphatic rings. The quantitative estimate of drug-likeness (QED) is 0.725. The molecule has 2 atom stereocenters. The van der Waals surface area contributed by atoms with Crippen LogP contribution in [0.25, 0.3) is 0 Å². The first-order valence-corrected chi connectivity index (χ1v) is 8.82. The molecule has 2 N–H and O–H groups in total. The van der Waals surface area contributed by atoms with E-state index in [1.54, 1.807) is 48.5 Å². The Morgan fingerprint density at radius 1 is 1.11 bits per heavy atom. The van der Waals surface area contributed by atoms with Gasteiger partial charge in [0.05, 0.1) is 5.02 Å². The van der Waals surface area contributed by atoms with E-state index in [1.165, 1.54) is 0 Å². The van der Waals surface area contributed by atoms with Gasteiger partial charge in [-0.3, -0.25) is 9.59 Å². The number of rotatable bonds is 4. The molecule has 0 radical (unpaired) electrons. The maximum atomic E-state index is 12.7. The van der Waals surface area contributed by atoms with Crippen LogP contribution in [-0.4, -0.2) is 24.0 Å². The highest BCUT2D eigenvalue weighted by Crippen LogP contribution is 2.31. The van der Waals surface area contributed by atoms with E-state index in [-0.39, 0.29) is 12.8 Å². The van der Waals surface area contributed by atoms with E-state index in [0.29, 0.717) is 22.2 Å². The van der Waals surface area contributed by atoms with Gasteiger partial charge >= 0.3 is 6.18 Å². The van der Waals surface area contributed by atoms with Crippen molar-refractivity contribution >= 4 is 29.1 Å². The van der Waals surface area contributed by atoms with Gasteiger partial charge in [0.2, 0.25) is 11.8 Å². The van der Waals surface area contributed by atoms with E-state index in [0.717, 1.165) is 0 Å². The first-order valence-electron chi connectivity index (χ1n) is 8.44. The Morgan fingerprint density at radius 2 is 1.79 bits per heavy atom. The second-order valence-corrected chi connectivity index (χ2v) is 6.69. The van der Waals surface area contributed by atoms with Gasteiger partial charge in [0.15, 0.2) is 0 Å². The third kappa shape index (κ3) is 4.75. The Kier molecular flexibility index (Phi) is 5.79. The van der Waals surface area contributed by atoms with Crippen LogP contribution in [0.3, 0.4) is 0 Å². The van der Waals surface area contributed by atoms with Crippen LogP contribution in [0.1, 0.15) is 12.8 Å². The molecule has 0 unspecified atom stereocenters. The lowest BCUT2D eigenvalue weighted by Crippen LogP contribution is -2.53. The number of para-hydroxylation sites is 1. The lowest BCUT2D eigenvalue weighted by molar-refractivity contribution is -0.170. The van der Waals surface area contributed by atoms with Gasteiger partial charge < -0.3 is 15.4 Å². The molecule has 0 saturated carbocycles. The van der Waals surface area contributed by atoms with Crippen molar-refractivity contribution in [1.29, 1.82) is 0 Å². The second kappa shape index (κ2) is 8.10. The van der Waals surface area contributed by atoms with Crippen LogP contribution in [0.15, 0.2) is 48.5 Å². The number of piperidine rings is 1. The van der Waals surface area contributed by atoms with Crippen molar-refractivity contribution in [3.05, 3.63) is 53.6 Å². The van der Waals surface area contributed by atoms with Crippen molar-refractivity contribution in [2.75, 3.05) is 5.32 Å². The molecule has 0 bridgehead atoms. The molecule has 28 heavy (non-hydrogen) atoms. The van der Waals surface area contributed by atoms with E-state index in [4.69, 9.17) is 16.3 Å². The van der Waals surface area contributed by atoms with Crippen molar-refractivity contribution in [2.45, 2.75) is 25.1 Å². The topological polar surface area (TPSA) is 67.4 Å². The molecule has 0 aliphatic carbocycles. The monoisotopic (exact) mass is 412 g/mol. The van der Waals surface area contributed by atoms with Crippen LogP contribution < -0.4 is 15.4 Å². The molecule has 1 aliphatic heterocycles. The molecule has 148 valence electrons. The van der Waals surface area contributed by atoms with E-state index in [1.807, 2.05) is 5.32 Å². The lowest BCUT2D eigenvalue weighted by atomic mass is 9.92. The van der Waals surface area contributed by atoms with Gasteiger partial charge in [0, 0.05) is 5.69 Å². The van der Waals surface area contributed by atoms with Crippen LogP contribution in [-0.2, 0) is 9.59 Å². The highest BCUT2D eigenvalue weighted by atomic mass is 35.5. The molecule has 2 amide bonds. The van der Waals surface area contributed by atoms with E-state index in [9.17, 15) is 22.8 Å². The molecule has 0 spiro atoms. The van der Waals surface area contributed by atoms with Crippen LogP contribution >= 0.6 is 11.6 Å². The molecule has 1 heterocycles. The van der Waals surface area contributed by atoms with E-state index < -0.39 is 30.0 Å².